The van der Waals surface area contributed by atoms with E-state index in [0.29, 0.717) is 25.0 Å². The van der Waals surface area contributed by atoms with Gasteiger partial charge in [-0.3, -0.25) is 4.79 Å². The predicted molar refractivity (Wildman–Crippen MR) is 82.9 cm³/mol. The smallest absolute Gasteiger partial charge is 0.216 e. The molecule has 1 aromatic carbocycles. The van der Waals surface area contributed by atoms with E-state index in [-0.39, 0.29) is 24.1 Å². The lowest BCUT2D eigenvalue weighted by Crippen LogP contribution is -2.48. The van der Waals surface area contributed by atoms with Crippen LogP contribution in [0.4, 0.5) is 13.6 Å². The maximum absolute atomic E-state index is 13.5. The minimum Gasteiger partial charge on any atom is -0.373 e. The molecule has 23 heavy (non-hydrogen) atoms. The summed E-state index contributed by atoms with van der Waals surface area (Å²) in [7, 11) is 1.49. The maximum Gasteiger partial charge on any atom is 0.216 e. The lowest BCUT2D eigenvalue weighted by atomic mass is 9.94. The molecule has 0 saturated carbocycles. The predicted octanol–water partition coefficient (Wildman–Crippen LogP) is 1.85. The van der Waals surface area contributed by atoms with Crippen LogP contribution in [0.15, 0.2) is 18.2 Å². The molecular formula is C16H20BF2NO3. The van der Waals surface area contributed by atoms with E-state index in [4.69, 9.17) is 9.47 Å². The van der Waals surface area contributed by atoms with Crippen molar-refractivity contribution in [1.29, 1.82) is 0 Å². The third-order valence-electron chi connectivity index (χ3n) is 4.38. The van der Waals surface area contributed by atoms with Crippen LogP contribution in [0, 0.1) is 11.6 Å². The van der Waals surface area contributed by atoms with Crippen molar-refractivity contribution in [1.82, 2.24) is 4.90 Å². The van der Waals surface area contributed by atoms with E-state index in [0.717, 1.165) is 6.07 Å². The number of hydrogen-bond acceptors (Lipinski definition) is 3. The van der Waals surface area contributed by atoms with E-state index in [2.05, 4.69) is 0 Å². The second-order valence-electron chi connectivity index (χ2n) is 6.73. The van der Waals surface area contributed by atoms with Crippen LogP contribution in [0.3, 0.4) is 0 Å². The number of ether oxygens (including phenoxy) is 2. The third kappa shape index (κ3) is 3.56. The molecule has 7 heteroatoms. The van der Waals surface area contributed by atoms with E-state index >= 15 is 0 Å². The van der Waals surface area contributed by atoms with Crippen molar-refractivity contribution in [2.45, 2.75) is 50.7 Å². The summed E-state index contributed by atoms with van der Waals surface area (Å²) in [4.78, 5) is 13.8. The summed E-state index contributed by atoms with van der Waals surface area (Å²) in [5.74, 6) is -1.35. The van der Waals surface area contributed by atoms with Gasteiger partial charge in [-0.05, 0) is 38.0 Å². The van der Waals surface area contributed by atoms with Crippen LogP contribution in [0.1, 0.15) is 25.8 Å². The van der Waals surface area contributed by atoms with E-state index in [1.54, 1.807) is 4.90 Å². The van der Waals surface area contributed by atoms with Crippen LogP contribution in [0.5, 0.6) is 0 Å². The van der Waals surface area contributed by atoms with Gasteiger partial charge in [-0.15, -0.1) is 0 Å². The van der Waals surface area contributed by atoms with Crippen LogP contribution in [0.2, 0.25) is 0 Å². The summed E-state index contributed by atoms with van der Waals surface area (Å²) in [5, 5.41) is 0. The van der Waals surface area contributed by atoms with Gasteiger partial charge in [-0.2, -0.15) is 0 Å². The quantitative estimate of drug-likeness (QED) is 0.627. The highest BCUT2D eigenvalue weighted by atomic mass is 19.1. The highest BCUT2D eigenvalue weighted by Gasteiger charge is 2.49. The van der Waals surface area contributed by atoms with E-state index in [1.165, 1.54) is 20.0 Å². The fourth-order valence-corrected chi connectivity index (χ4v) is 3.55. The molecule has 124 valence electrons. The number of hydrogen-bond donors (Lipinski definition) is 0. The number of rotatable bonds is 4. The van der Waals surface area contributed by atoms with Gasteiger partial charge in [0.1, 0.15) is 17.4 Å². The van der Waals surface area contributed by atoms with Gasteiger partial charge < -0.3 is 14.4 Å². The minimum absolute atomic E-state index is 0.115. The van der Waals surface area contributed by atoms with Gasteiger partial charge in [0.15, 0.2) is 5.81 Å². The van der Waals surface area contributed by atoms with Crippen LogP contribution in [0.25, 0.3) is 0 Å². The Bertz CT molecular complexity index is 601. The lowest BCUT2D eigenvalue weighted by molar-refractivity contribution is -0.0606. The summed E-state index contributed by atoms with van der Waals surface area (Å²) in [6.45, 7) is 4.37. The number of halogens is 2. The van der Waals surface area contributed by atoms with Crippen molar-refractivity contribution in [3.8, 4) is 0 Å². The molecule has 2 aliphatic rings. The Morgan fingerprint density at radius 1 is 1.35 bits per heavy atom. The Labute approximate surface area is 135 Å². The lowest BCUT2D eigenvalue weighted by Gasteiger charge is -2.33. The van der Waals surface area contributed by atoms with E-state index < -0.39 is 17.4 Å². The number of carbonyl (C=O) groups is 1. The van der Waals surface area contributed by atoms with Crippen LogP contribution in [-0.2, 0) is 15.9 Å². The highest BCUT2D eigenvalue weighted by molar-refractivity contribution is 6.57. The van der Waals surface area contributed by atoms with Gasteiger partial charge in [0.25, 0.3) is 0 Å². The zero-order valence-corrected chi connectivity index (χ0v) is 13.5. The molecule has 0 aromatic heterocycles. The van der Waals surface area contributed by atoms with Crippen molar-refractivity contribution >= 4 is 13.7 Å². The summed E-state index contributed by atoms with van der Waals surface area (Å²) in [6.07, 6.45) is 0.951. The van der Waals surface area contributed by atoms with Gasteiger partial charge in [0.05, 0.1) is 24.9 Å². The van der Waals surface area contributed by atoms with Gasteiger partial charge in [-0.25, -0.2) is 8.78 Å². The maximum atomic E-state index is 13.5. The fourth-order valence-electron chi connectivity index (χ4n) is 3.55. The van der Waals surface area contributed by atoms with Crippen molar-refractivity contribution in [3.05, 3.63) is 35.4 Å². The Morgan fingerprint density at radius 2 is 1.96 bits per heavy atom. The number of benzene rings is 1. The Kier molecular flexibility index (Phi) is 4.18. The van der Waals surface area contributed by atoms with Crippen LogP contribution < -0.4 is 0 Å². The zero-order valence-electron chi connectivity index (χ0n) is 13.5. The summed E-state index contributed by atoms with van der Waals surface area (Å²) in [6, 6.07) is 3.18. The minimum atomic E-state index is -0.748. The number of amides is 1. The monoisotopic (exact) mass is 323 g/mol. The van der Waals surface area contributed by atoms with Crippen molar-refractivity contribution in [2.24, 2.45) is 0 Å². The second-order valence-corrected chi connectivity index (χ2v) is 6.73. The van der Waals surface area contributed by atoms with Gasteiger partial charge in [-0.1, -0.05) is 0 Å². The number of carbonyl (C=O) groups excluding carboxylic acids is 1. The summed E-state index contributed by atoms with van der Waals surface area (Å²) in [5.41, 5.74) is -0.233. The normalized spacial score (nSPS) is 28.9. The molecule has 0 aliphatic carbocycles. The van der Waals surface area contributed by atoms with Crippen LogP contribution in [-0.4, -0.2) is 49.1 Å². The Balaban J connectivity index is 1.87. The second kappa shape index (κ2) is 5.87. The molecule has 2 saturated heterocycles. The van der Waals surface area contributed by atoms with E-state index in [1.807, 2.05) is 13.8 Å². The molecule has 1 aromatic rings. The molecule has 0 spiro atoms. The first kappa shape index (κ1) is 16.4. The molecule has 4 nitrogen and oxygen atoms in total. The molecule has 2 fully saturated rings. The van der Waals surface area contributed by atoms with Crippen LogP contribution >= 0.6 is 0 Å². The van der Waals surface area contributed by atoms with Gasteiger partial charge in [0, 0.05) is 12.5 Å². The van der Waals surface area contributed by atoms with Crippen molar-refractivity contribution < 1.29 is 23.0 Å². The molecule has 0 radical (unpaired) electrons. The average Bonchev–Trinajstić information content (AvgIpc) is 3.14. The van der Waals surface area contributed by atoms with Crippen molar-refractivity contribution in [3.63, 3.8) is 0 Å². The first-order valence-corrected chi connectivity index (χ1v) is 7.80. The molecule has 1 amide bonds. The summed E-state index contributed by atoms with van der Waals surface area (Å²) < 4.78 is 38.2. The first-order valence-electron chi connectivity index (χ1n) is 7.80. The average molecular weight is 323 g/mol. The van der Waals surface area contributed by atoms with Gasteiger partial charge in [0.2, 0.25) is 7.85 Å². The van der Waals surface area contributed by atoms with E-state index in [9.17, 15) is 13.6 Å². The largest absolute Gasteiger partial charge is 0.373 e. The first-order chi connectivity index (χ1) is 10.8. The number of nitrogens with zero attached hydrogens (tertiary/aromatic N) is 1. The third-order valence-corrected chi connectivity index (χ3v) is 4.38. The standard InChI is InChI=1S/C16H20BF2NO3/c1-16(2)20(15(17)21)13(14(23-16)7-12-8-22-12)5-9-3-10(18)6-11(19)4-9/h3-4,6,12-14H,5,7-8,17H2,1-2H3/t12-,13-,14+/m0/s1. The molecular weight excluding hydrogens is 303 g/mol. The molecule has 2 aliphatic heterocycles. The SMILES string of the molecule is BC(=O)N1[C@@H](Cc2cc(F)cc(F)c2)[C@@H](C[C@H]2CO2)OC1(C)C. The molecule has 0 N–H and O–H groups in total. The Hall–Kier alpha value is -1.47. The molecule has 3 rings (SSSR count). The zero-order chi connectivity index (χ0) is 16.8. The molecule has 0 unspecified atom stereocenters. The fraction of sp³-hybridized carbons (Fsp3) is 0.562. The molecule has 0 bridgehead atoms. The summed E-state index contributed by atoms with van der Waals surface area (Å²) >= 11 is 0. The molecule has 3 atom stereocenters. The van der Waals surface area contributed by atoms with Crippen molar-refractivity contribution in [2.75, 3.05) is 6.61 Å². The number of epoxide rings is 1. The van der Waals surface area contributed by atoms with Gasteiger partial charge >= 0.3 is 0 Å². The Morgan fingerprint density at radius 3 is 2.48 bits per heavy atom. The topological polar surface area (TPSA) is 42.1 Å². The molecule has 2 heterocycles. The highest BCUT2D eigenvalue weighted by Crippen LogP contribution is 2.37.